The van der Waals surface area contributed by atoms with E-state index >= 15 is 0 Å². The number of benzene rings is 1. The lowest BCUT2D eigenvalue weighted by Gasteiger charge is -2.24. The number of aliphatic hydroxyl groups is 1. The first-order chi connectivity index (χ1) is 11.6. The van der Waals surface area contributed by atoms with Crippen molar-refractivity contribution in [3.63, 3.8) is 0 Å². The normalized spacial score (nSPS) is 13.4. The maximum absolute atomic E-state index is 10.7. The van der Waals surface area contributed by atoms with Gasteiger partial charge in [0.1, 0.15) is 0 Å². The van der Waals surface area contributed by atoms with E-state index in [1.54, 1.807) is 32.3 Å². The van der Waals surface area contributed by atoms with E-state index < -0.39 is 11.1 Å². The Morgan fingerprint density at radius 3 is 2.20 bits per heavy atom. The lowest BCUT2D eigenvalue weighted by Crippen LogP contribution is -2.28. The van der Waals surface area contributed by atoms with Crippen molar-refractivity contribution >= 4 is 17.7 Å². The summed E-state index contributed by atoms with van der Waals surface area (Å²) in [6.07, 6.45) is 8.72. The van der Waals surface area contributed by atoms with Crippen LogP contribution >= 0.6 is 0 Å². The van der Waals surface area contributed by atoms with Crippen LogP contribution in [0.4, 0.5) is 0 Å². The molecule has 0 bridgehead atoms. The van der Waals surface area contributed by atoms with Crippen LogP contribution in [0.15, 0.2) is 48.9 Å². The van der Waals surface area contributed by atoms with Crippen LogP contribution in [0.1, 0.15) is 49.9 Å². The Labute approximate surface area is 149 Å². The second-order valence-electron chi connectivity index (χ2n) is 7.28. The molecule has 0 amide bonds. The molecule has 0 aliphatic heterocycles. The zero-order valence-electron chi connectivity index (χ0n) is 15.3. The van der Waals surface area contributed by atoms with E-state index in [-0.39, 0.29) is 0 Å². The molecule has 1 aromatic carbocycles. The number of hydrogen-bond donors (Lipinski definition) is 3. The standard InChI is InChI=1S/C21H27N3O/c1-20(2,23)18-7-5-15(6-8-18)19(21(3,4)25)13-16-10-12-24-14-17(16)9-11-22/h5-14,25H,22-23H2,1-4H3/b11-9-,19-13-. The predicted octanol–water partition coefficient (Wildman–Crippen LogP) is 3.52. The highest BCUT2D eigenvalue weighted by molar-refractivity contribution is 5.87. The quantitative estimate of drug-likeness (QED) is 0.779. The van der Waals surface area contributed by atoms with E-state index in [0.29, 0.717) is 0 Å². The molecule has 0 unspecified atom stereocenters. The highest BCUT2D eigenvalue weighted by Crippen LogP contribution is 2.31. The van der Waals surface area contributed by atoms with Gasteiger partial charge in [0, 0.05) is 23.5 Å². The summed E-state index contributed by atoms with van der Waals surface area (Å²) in [5.74, 6) is 0. The van der Waals surface area contributed by atoms with Crippen LogP contribution in [0.2, 0.25) is 0 Å². The summed E-state index contributed by atoms with van der Waals surface area (Å²) in [5, 5.41) is 10.7. The van der Waals surface area contributed by atoms with Gasteiger partial charge in [-0.15, -0.1) is 0 Å². The first-order valence-electron chi connectivity index (χ1n) is 8.29. The first-order valence-corrected chi connectivity index (χ1v) is 8.29. The maximum Gasteiger partial charge on any atom is 0.0846 e. The Morgan fingerprint density at radius 2 is 1.68 bits per heavy atom. The van der Waals surface area contributed by atoms with E-state index in [1.807, 2.05) is 50.3 Å². The number of aromatic nitrogens is 1. The van der Waals surface area contributed by atoms with Gasteiger partial charge in [-0.25, -0.2) is 0 Å². The number of nitrogens with zero attached hydrogens (tertiary/aromatic N) is 1. The van der Waals surface area contributed by atoms with Gasteiger partial charge in [0.25, 0.3) is 0 Å². The Morgan fingerprint density at radius 1 is 1.04 bits per heavy atom. The molecule has 2 aromatic rings. The third-order valence-corrected chi connectivity index (χ3v) is 4.06. The van der Waals surface area contributed by atoms with Crippen molar-refractivity contribution in [1.82, 2.24) is 4.98 Å². The summed E-state index contributed by atoms with van der Waals surface area (Å²) in [5.41, 5.74) is 14.9. The molecule has 1 aromatic heterocycles. The van der Waals surface area contributed by atoms with Crippen LogP contribution in [0.25, 0.3) is 17.7 Å². The minimum absolute atomic E-state index is 0.401. The third kappa shape index (κ3) is 4.78. The van der Waals surface area contributed by atoms with Crippen LogP contribution in [0.5, 0.6) is 0 Å². The molecule has 132 valence electrons. The molecule has 5 N–H and O–H groups in total. The van der Waals surface area contributed by atoms with Gasteiger partial charge in [0.15, 0.2) is 0 Å². The van der Waals surface area contributed by atoms with E-state index in [9.17, 15) is 5.11 Å². The number of pyridine rings is 1. The Bertz CT molecular complexity index is 776. The average Bonchev–Trinajstić information content (AvgIpc) is 2.52. The van der Waals surface area contributed by atoms with E-state index in [0.717, 1.165) is 27.8 Å². The van der Waals surface area contributed by atoms with Gasteiger partial charge in [0.05, 0.1) is 5.60 Å². The fourth-order valence-electron chi connectivity index (χ4n) is 2.64. The van der Waals surface area contributed by atoms with Crippen LogP contribution in [0, 0.1) is 0 Å². The summed E-state index contributed by atoms with van der Waals surface area (Å²) < 4.78 is 0. The monoisotopic (exact) mass is 337 g/mol. The molecule has 25 heavy (non-hydrogen) atoms. The lowest BCUT2D eigenvalue weighted by molar-refractivity contribution is 0.144. The topological polar surface area (TPSA) is 85.2 Å². The molecule has 0 spiro atoms. The van der Waals surface area contributed by atoms with E-state index in [2.05, 4.69) is 4.98 Å². The second kappa shape index (κ2) is 7.21. The molecule has 0 saturated carbocycles. The largest absolute Gasteiger partial charge is 0.405 e. The number of nitrogens with two attached hydrogens (primary N) is 2. The van der Waals surface area contributed by atoms with Crippen LogP contribution in [-0.2, 0) is 5.54 Å². The van der Waals surface area contributed by atoms with Gasteiger partial charge in [-0.1, -0.05) is 24.3 Å². The molecule has 0 saturated heterocycles. The van der Waals surface area contributed by atoms with Gasteiger partial charge >= 0.3 is 0 Å². The van der Waals surface area contributed by atoms with Crippen LogP contribution in [-0.4, -0.2) is 15.7 Å². The summed E-state index contributed by atoms with van der Waals surface area (Å²) in [7, 11) is 0. The lowest BCUT2D eigenvalue weighted by atomic mass is 9.87. The van der Waals surface area contributed by atoms with Gasteiger partial charge in [-0.3, -0.25) is 4.98 Å². The van der Waals surface area contributed by atoms with Gasteiger partial charge in [-0.05, 0) is 74.4 Å². The molecule has 0 fully saturated rings. The minimum Gasteiger partial charge on any atom is -0.405 e. The van der Waals surface area contributed by atoms with Crippen molar-refractivity contribution < 1.29 is 5.11 Å². The third-order valence-electron chi connectivity index (χ3n) is 4.06. The first kappa shape index (κ1) is 18.9. The van der Waals surface area contributed by atoms with Crippen molar-refractivity contribution in [2.24, 2.45) is 11.5 Å². The molecular formula is C21H27N3O. The molecule has 1 heterocycles. The van der Waals surface area contributed by atoms with Crippen molar-refractivity contribution in [3.05, 3.63) is 71.2 Å². The fourth-order valence-corrected chi connectivity index (χ4v) is 2.64. The fraction of sp³-hybridized carbons (Fsp3) is 0.286. The highest BCUT2D eigenvalue weighted by Gasteiger charge is 2.22. The average molecular weight is 337 g/mol. The van der Waals surface area contributed by atoms with Crippen molar-refractivity contribution in [3.8, 4) is 0 Å². The summed E-state index contributed by atoms with van der Waals surface area (Å²) in [6, 6.07) is 9.89. The molecule has 0 aliphatic carbocycles. The minimum atomic E-state index is -1.01. The molecule has 0 radical (unpaired) electrons. The zero-order valence-corrected chi connectivity index (χ0v) is 15.3. The van der Waals surface area contributed by atoms with Crippen LogP contribution < -0.4 is 11.5 Å². The summed E-state index contributed by atoms with van der Waals surface area (Å²) in [6.45, 7) is 7.49. The zero-order chi connectivity index (χ0) is 18.7. The Kier molecular flexibility index (Phi) is 5.45. The number of rotatable bonds is 5. The molecule has 4 nitrogen and oxygen atoms in total. The van der Waals surface area contributed by atoms with E-state index in [4.69, 9.17) is 11.5 Å². The van der Waals surface area contributed by atoms with Gasteiger partial charge < -0.3 is 16.6 Å². The molecular weight excluding hydrogens is 310 g/mol. The Hall–Kier alpha value is -2.43. The summed E-state index contributed by atoms with van der Waals surface area (Å²) >= 11 is 0. The van der Waals surface area contributed by atoms with E-state index in [1.165, 1.54) is 6.20 Å². The maximum atomic E-state index is 10.7. The second-order valence-corrected chi connectivity index (χ2v) is 7.28. The molecule has 0 aliphatic rings. The SMILES string of the molecule is CC(C)(O)/C(=C\c1ccncc1/C=C\N)c1ccc(C(C)(C)N)cc1. The molecule has 4 heteroatoms. The molecule has 2 rings (SSSR count). The highest BCUT2D eigenvalue weighted by atomic mass is 16.3. The van der Waals surface area contributed by atoms with Gasteiger partial charge in [-0.2, -0.15) is 0 Å². The Balaban J connectivity index is 2.55. The number of hydrogen-bond acceptors (Lipinski definition) is 4. The van der Waals surface area contributed by atoms with Crippen molar-refractivity contribution in [2.45, 2.75) is 38.8 Å². The van der Waals surface area contributed by atoms with Crippen molar-refractivity contribution in [2.75, 3.05) is 0 Å². The van der Waals surface area contributed by atoms with Crippen molar-refractivity contribution in [1.29, 1.82) is 0 Å². The molecule has 0 atom stereocenters. The smallest absolute Gasteiger partial charge is 0.0846 e. The van der Waals surface area contributed by atoms with Crippen LogP contribution in [0.3, 0.4) is 0 Å². The summed E-state index contributed by atoms with van der Waals surface area (Å²) in [4.78, 5) is 4.13. The predicted molar refractivity (Wildman–Crippen MR) is 105 cm³/mol. The van der Waals surface area contributed by atoms with Gasteiger partial charge in [0.2, 0.25) is 0 Å².